The Bertz CT molecular complexity index is 716. The second-order valence-electron chi connectivity index (χ2n) is 3.79. The summed E-state index contributed by atoms with van der Waals surface area (Å²) in [7, 11) is 1.20. The molecule has 106 valence electrons. The van der Waals surface area contributed by atoms with Crippen LogP contribution in [0.3, 0.4) is 0 Å². The van der Waals surface area contributed by atoms with Crippen molar-refractivity contribution >= 4 is 32.7 Å². The van der Waals surface area contributed by atoms with E-state index in [0.29, 0.717) is 9.86 Å². The third-order valence-electron chi connectivity index (χ3n) is 2.59. The van der Waals surface area contributed by atoms with Crippen molar-refractivity contribution in [1.29, 1.82) is 0 Å². The van der Waals surface area contributed by atoms with Gasteiger partial charge in [0.05, 0.1) is 17.9 Å². The highest BCUT2D eigenvalue weighted by atomic mass is 79.9. The zero-order chi connectivity index (χ0) is 14.7. The summed E-state index contributed by atoms with van der Waals surface area (Å²) in [4.78, 5) is 23.4. The van der Waals surface area contributed by atoms with E-state index < -0.39 is 18.4 Å². The lowest BCUT2D eigenvalue weighted by molar-refractivity contribution is -0.141. The summed E-state index contributed by atoms with van der Waals surface area (Å²) >= 11 is 3.25. The summed E-state index contributed by atoms with van der Waals surface area (Å²) in [6.45, 7) is -1.46. The number of rotatable bonds is 4. The second-order valence-corrected chi connectivity index (χ2v) is 4.70. The number of methoxy groups -OCH3 is 1. The molecule has 1 aromatic heterocycles. The van der Waals surface area contributed by atoms with Crippen LogP contribution in [0.15, 0.2) is 27.5 Å². The van der Waals surface area contributed by atoms with Gasteiger partial charge in [-0.05, 0) is 18.2 Å². The van der Waals surface area contributed by atoms with Crippen LogP contribution in [0.4, 0.5) is 4.39 Å². The average Bonchev–Trinajstić information content (AvgIpc) is 2.43. The number of alkyl halides is 1. The second kappa shape index (κ2) is 6.00. The van der Waals surface area contributed by atoms with Crippen LogP contribution in [0, 0.1) is 0 Å². The van der Waals surface area contributed by atoms with Crippen molar-refractivity contribution in [3.63, 3.8) is 0 Å². The van der Waals surface area contributed by atoms with E-state index in [0.717, 1.165) is 4.68 Å². The molecule has 20 heavy (non-hydrogen) atoms. The summed E-state index contributed by atoms with van der Waals surface area (Å²) in [5.74, 6) is -0.699. The van der Waals surface area contributed by atoms with Crippen LogP contribution in [-0.2, 0) is 16.1 Å². The van der Waals surface area contributed by atoms with Crippen molar-refractivity contribution in [3.8, 4) is 5.88 Å². The number of carbonyl (C=O) groups excluding carboxylic acids is 1. The van der Waals surface area contributed by atoms with E-state index in [1.54, 1.807) is 18.2 Å². The van der Waals surface area contributed by atoms with Crippen molar-refractivity contribution in [2.45, 2.75) is 6.54 Å². The largest absolute Gasteiger partial charge is 0.468 e. The lowest BCUT2D eigenvalue weighted by Gasteiger charge is -2.09. The summed E-state index contributed by atoms with van der Waals surface area (Å²) in [6, 6.07) is 4.80. The third kappa shape index (κ3) is 2.79. The molecule has 0 N–H and O–H groups in total. The van der Waals surface area contributed by atoms with Gasteiger partial charge in [0.2, 0.25) is 12.7 Å². The fourth-order valence-electron chi connectivity index (χ4n) is 1.68. The molecule has 0 saturated heterocycles. The molecular weight excluding hydrogens is 335 g/mol. The number of fused-ring (bicyclic) bond motifs is 1. The molecule has 0 atom stereocenters. The number of aromatic nitrogens is 2. The standard InChI is InChI=1S/C12H10BrFN2O4/c1-19-10(17)5-16-12(18)8-3-2-7(13)4-9(8)11(15-16)20-6-14/h2-4H,5-6H2,1H3. The van der Waals surface area contributed by atoms with Gasteiger partial charge in [-0.15, -0.1) is 5.10 Å². The molecule has 0 fully saturated rings. The predicted molar refractivity (Wildman–Crippen MR) is 72.3 cm³/mol. The molecule has 1 heterocycles. The van der Waals surface area contributed by atoms with Crippen LogP contribution in [0.2, 0.25) is 0 Å². The maximum Gasteiger partial charge on any atom is 0.327 e. The minimum atomic E-state index is -1.09. The van der Waals surface area contributed by atoms with E-state index in [-0.39, 0.29) is 17.8 Å². The van der Waals surface area contributed by atoms with Crippen LogP contribution in [0.5, 0.6) is 5.88 Å². The number of ether oxygens (including phenoxy) is 2. The number of nitrogens with zero attached hydrogens (tertiary/aromatic N) is 2. The molecule has 0 amide bonds. The molecule has 0 aliphatic rings. The average molecular weight is 345 g/mol. The van der Waals surface area contributed by atoms with E-state index in [4.69, 9.17) is 4.74 Å². The maximum absolute atomic E-state index is 12.4. The number of carbonyl (C=O) groups is 1. The lowest BCUT2D eigenvalue weighted by atomic mass is 10.2. The summed E-state index contributed by atoms with van der Waals surface area (Å²) in [6.07, 6.45) is 0. The zero-order valence-corrected chi connectivity index (χ0v) is 12.0. The fraction of sp³-hybridized carbons (Fsp3) is 0.250. The first kappa shape index (κ1) is 14.4. The molecule has 8 heteroatoms. The van der Waals surface area contributed by atoms with Gasteiger partial charge in [-0.1, -0.05) is 15.9 Å². The molecule has 0 saturated carbocycles. The Hall–Kier alpha value is -1.96. The monoisotopic (exact) mass is 344 g/mol. The first-order valence-corrected chi connectivity index (χ1v) is 6.32. The highest BCUT2D eigenvalue weighted by Gasteiger charge is 2.14. The van der Waals surface area contributed by atoms with Crippen LogP contribution in [0.1, 0.15) is 0 Å². The SMILES string of the molecule is COC(=O)Cn1nc(OCF)c2cc(Br)ccc2c1=O. The predicted octanol–water partition coefficient (Wildman–Crippen LogP) is 1.64. The van der Waals surface area contributed by atoms with E-state index in [1.165, 1.54) is 7.11 Å². The Kier molecular flexibility index (Phi) is 4.33. The molecule has 2 aromatic rings. The van der Waals surface area contributed by atoms with Crippen LogP contribution in [0.25, 0.3) is 10.8 Å². The Morgan fingerprint density at radius 3 is 2.85 bits per heavy atom. The van der Waals surface area contributed by atoms with Gasteiger partial charge in [0.1, 0.15) is 6.54 Å². The van der Waals surface area contributed by atoms with E-state index in [1.807, 2.05) is 0 Å². The summed E-state index contributed by atoms with van der Waals surface area (Å²) in [5, 5.41) is 4.48. The topological polar surface area (TPSA) is 70.4 Å². The summed E-state index contributed by atoms with van der Waals surface area (Å²) in [5.41, 5.74) is -0.482. The molecule has 0 bridgehead atoms. The van der Waals surface area contributed by atoms with Gasteiger partial charge < -0.3 is 9.47 Å². The third-order valence-corrected chi connectivity index (χ3v) is 3.08. The van der Waals surface area contributed by atoms with Crippen LogP contribution >= 0.6 is 15.9 Å². The lowest BCUT2D eigenvalue weighted by Crippen LogP contribution is -2.28. The Morgan fingerprint density at radius 1 is 1.45 bits per heavy atom. The molecule has 0 radical (unpaired) electrons. The molecule has 6 nitrogen and oxygen atoms in total. The fourth-order valence-corrected chi connectivity index (χ4v) is 2.04. The normalized spacial score (nSPS) is 10.6. The molecule has 0 aliphatic carbocycles. The van der Waals surface area contributed by atoms with Gasteiger partial charge in [0.15, 0.2) is 0 Å². The van der Waals surface area contributed by atoms with Crippen molar-refractivity contribution in [2.75, 3.05) is 14.0 Å². The number of hydrogen-bond donors (Lipinski definition) is 0. The van der Waals surface area contributed by atoms with Crippen molar-refractivity contribution in [3.05, 3.63) is 33.0 Å². The smallest absolute Gasteiger partial charge is 0.327 e. The Labute approximate surface area is 121 Å². The molecule has 0 aliphatic heterocycles. The number of benzene rings is 1. The highest BCUT2D eigenvalue weighted by Crippen LogP contribution is 2.24. The van der Waals surface area contributed by atoms with E-state index >= 15 is 0 Å². The quantitative estimate of drug-likeness (QED) is 0.788. The molecule has 1 aromatic carbocycles. The minimum Gasteiger partial charge on any atom is -0.468 e. The van der Waals surface area contributed by atoms with E-state index in [2.05, 4.69) is 25.8 Å². The van der Waals surface area contributed by atoms with Gasteiger partial charge in [0, 0.05) is 4.47 Å². The van der Waals surface area contributed by atoms with Gasteiger partial charge >= 0.3 is 5.97 Å². The number of esters is 1. The van der Waals surface area contributed by atoms with Crippen molar-refractivity contribution in [2.24, 2.45) is 0 Å². The van der Waals surface area contributed by atoms with Crippen molar-refractivity contribution < 1.29 is 18.7 Å². The van der Waals surface area contributed by atoms with Crippen molar-refractivity contribution in [1.82, 2.24) is 9.78 Å². The highest BCUT2D eigenvalue weighted by molar-refractivity contribution is 9.10. The first-order chi connectivity index (χ1) is 9.56. The van der Waals surface area contributed by atoms with Gasteiger partial charge in [-0.2, -0.15) is 0 Å². The van der Waals surface area contributed by atoms with Gasteiger partial charge in [-0.3, -0.25) is 9.59 Å². The molecule has 2 rings (SSSR count). The zero-order valence-electron chi connectivity index (χ0n) is 10.4. The van der Waals surface area contributed by atoms with Crippen LogP contribution < -0.4 is 10.3 Å². The molecule has 0 spiro atoms. The number of hydrogen-bond acceptors (Lipinski definition) is 5. The van der Waals surface area contributed by atoms with Crippen LogP contribution in [-0.4, -0.2) is 29.7 Å². The van der Waals surface area contributed by atoms with Gasteiger partial charge in [0.25, 0.3) is 5.56 Å². The summed E-state index contributed by atoms with van der Waals surface area (Å²) < 4.78 is 23.2. The van der Waals surface area contributed by atoms with Gasteiger partial charge in [-0.25, -0.2) is 9.07 Å². The molecule has 0 unspecified atom stereocenters. The Morgan fingerprint density at radius 2 is 2.20 bits per heavy atom. The maximum atomic E-state index is 12.4. The minimum absolute atomic E-state index is 0.0627. The first-order valence-electron chi connectivity index (χ1n) is 5.52. The number of halogens is 2. The Balaban J connectivity index is 2.66. The molecular formula is C12H10BrFN2O4. The van der Waals surface area contributed by atoms with E-state index in [9.17, 15) is 14.0 Å².